The molecule has 1 fully saturated rings. The maximum atomic E-state index is 13.2. The van der Waals surface area contributed by atoms with E-state index >= 15 is 0 Å². The van der Waals surface area contributed by atoms with Crippen LogP contribution in [0.15, 0.2) is 35.1 Å². The molecule has 5 N–H and O–H groups in total. The summed E-state index contributed by atoms with van der Waals surface area (Å²) in [4.78, 5) is 27.6. The van der Waals surface area contributed by atoms with Gasteiger partial charge in [0.15, 0.2) is 0 Å². The highest BCUT2D eigenvalue weighted by Gasteiger charge is 2.20. The van der Waals surface area contributed by atoms with Gasteiger partial charge in [-0.15, -0.1) is 0 Å². The molecule has 2 amide bonds. The molecule has 1 unspecified atom stereocenters. The smallest absolute Gasteiger partial charge is 0.316 e. The van der Waals surface area contributed by atoms with Gasteiger partial charge in [-0.2, -0.15) is 0 Å². The number of H-pyrrole nitrogens is 1. The first-order chi connectivity index (χ1) is 15.8. The summed E-state index contributed by atoms with van der Waals surface area (Å²) >= 11 is 6.31. The lowest BCUT2D eigenvalue weighted by Gasteiger charge is -2.24. The molecule has 1 aliphatic rings. The van der Waals surface area contributed by atoms with Crippen molar-refractivity contribution in [3.63, 3.8) is 0 Å². The summed E-state index contributed by atoms with van der Waals surface area (Å²) in [6, 6.07) is 8.97. The number of urea groups is 1. The Bertz CT molecular complexity index is 1230. The number of ether oxygens (including phenoxy) is 1. The lowest BCUT2D eigenvalue weighted by Crippen LogP contribution is -2.35. The topological polar surface area (TPSA) is 109 Å². The van der Waals surface area contributed by atoms with Gasteiger partial charge in [0.1, 0.15) is 5.75 Å². The molecular weight excluding hydrogens is 440 g/mol. The molecule has 7 nitrogen and oxygen atoms in total. The molecule has 0 radical (unpaired) electrons. The SMILES string of the molecule is Cc1cc(C)cc(-c2c(OCCC3CCCCN3)c3cc(NC(N)=O)c(Cl)cc3[nH]c2=O)c1. The molecule has 2 heterocycles. The average molecular weight is 469 g/mol. The molecule has 1 atom stereocenters. The molecule has 2 aromatic carbocycles. The Morgan fingerprint density at radius 1 is 1.18 bits per heavy atom. The predicted octanol–water partition coefficient (Wildman–Crippen LogP) is 4.87. The van der Waals surface area contributed by atoms with E-state index in [1.54, 1.807) is 12.1 Å². The lowest BCUT2D eigenvalue weighted by molar-refractivity contribution is 0.259. The van der Waals surface area contributed by atoms with Crippen LogP contribution >= 0.6 is 11.6 Å². The number of amides is 2. The van der Waals surface area contributed by atoms with E-state index in [9.17, 15) is 9.59 Å². The number of nitrogens with two attached hydrogens (primary N) is 1. The van der Waals surface area contributed by atoms with Gasteiger partial charge >= 0.3 is 6.03 Å². The van der Waals surface area contributed by atoms with Gasteiger partial charge in [0.25, 0.3) is 5.56 Å². The molecule has 8 heteroatoms. The van der Waals surface area contributed by atoms with Crippen molar-refractivity contribution in [3.05, 3.63) is 56.8 Å². The summed E-state index contributed by atoms with van der Waals surface area (Å²) in [6.07, 6.45) is 4.36. The van der Waals surface area contributed by atoms with Crippen molar-refractivity contribution in [2.24, 2.45) is 5.73 Å². The third kappa shape index (κ3) is 5.31. The summed E-state index contributed by atoms with van der Waals surface area (Å²) in [5, 5.41) is 6.99. The molecule has 1 aliphatic heterocycles. The second-order valence-electron chi connectivity index (χ2n) is 8.69. The van der Waals surface area contributed by atoms with E-state index in [0.29, 0.717) is 40.6 Å². The van der Waals surface area contributed by atoms with Crippen molar-refractivity contribution >= 4 is 34.2 Å². The van der Waals surface area contributed by atoms with Crippen LogP contribution in [0.4, 0.5) is 10.5 Å². The van der Waals surface area contributed by atoms with E-state index in [4.69, 9.17) is 22.1 Å². The van der Waals surface area contributed by atoms with Gasteiger partial charge in [-0.3, -0.25) is 4.79 Å². The van der Waals surface area contributed by atoms with E-state index in [-0.39, 0.29) is 10.6 Å². The Hall–Kier alpha value is -3.03. The third-order valence-electron chi connectivity index (χ3n) is 5.95. The fraction of sp³-hybridized carbons (Fsp3) is 0.360. The van der Waals surface area contributed by atoms with Crippen molar-refractivity contribution < 1.29 is 9.53 Å². The number of aromatic nitrogens is 1. The van der Waals surface area contributed by atoms with Crippen molar-refractivity contribution in [1.82, 2.24) is 10.3 Å². The molecule has 1 saturated heterocycles. The number of rotatable bonds is 6. The average Bonchev–Trinajstić information content (AvgIpc) is 2.74. The highest BCUT2D eigenvalue weighted by atomic mass is 35.5. The Balaban J connectivity index is 1.83. The minimum Gasteiger partial charge on any atom is -0.492 e. The van der Waals surface area contributed by atoms with Crippen LogP contribution in [0.5, 0.6) is 5.75 Å². The van der Waals surface area contributed by atoms with E-state index in [2.05, 4.69) is 21.7 Å². The largest absolute Gasteiger partial charge is 0.492 e. The number of piperidine rings is 1. The van der Waals surface area contributed by atoms with Crippen LogP contribution in [0.2, 0.25) is 5.02 Å². The summed E-state index contributed by atoms with van der Waals surface area (Å²) in [5.41, 5.74) is 9.27. The van der Waals surface area contributed by atoms with Gasteiger partial charge in [-0.05, 0) is 57.4 Å². The number of hydrogen-bond donors (Lipinski definition) is 4. The van der Waals surface area contributed by atoms with Gasteiger partial charge < -0.3 is 26.1 Å². The zero-order valence-corrected chi connectivity index (χ0v) is 19.6. The molecule has 0 saturated carbocycles. The monoisotopic (exact) mass is 468 g/mol. The second-order valence-corrected chi connectivity index (χ2v) is 9.09. The van der Waals surface area contributed by atoms with Crippen molar-refractivity contribution in [2.75, 3.05) is 18.5 Å². The van der Waals surface area contributed by atoms with Crippen LogP contribution in [0.25, 0.3) is 22.0 Å². The van der Waals surface area contributed by atoms with Crippen molar-refractivity contribution in [3.8, 4) is 16.9 Å². The molecule has 0 aliphatic carbocycles. The molecule has 4 rings (SSSR count). The number of carbonyl (C=O) groups excluding carboxylic acids is 1. The fourth-order valence-corrected chi connectivity index (χ4v) is 4.73. The van der Waals surface area contributed by atoms with Crippen LogP contribution in [0, 0.1) is 13.8 Å². The number of aryl methyl sites for hydroxylation is 2. The highest BCUT2D eigenvalue weighted by molar-refractivity contribution is 6.34. The van der Waals surface area contributed by atoms with E-state index < -0.39 is 6.03 Å². The fourth-order valence-electron chi connectivity index (χ4n) is 4.52. The highest BCUT2D eigenvalue weighted by Crippen LogP contribution is 2.38. The van der Waals surface area contributed by atoms with Crippen LogP contribution < -0.4 is 26.7 Å². The standard InChI is InChI=1S/C25H29ClN4O3/c1-14-9-15(2)11-16(10-14)22-23(33-8-6-17-5-3-4-7-28-17)18-12-21(30-25(27)32)19(26)13-20(18)29-24(22)31/h9-13,17,28H,3-8H2,1-2H3,(H,29,31)(H3,27,30,32). The number of anilines is 1. The molecule has 0 spiro atoms. The number of primary amides is 1. The number of aromatic amines is 1. The summed E-state index contributed by atoms with van der Waals surface area (Å²) < 4.78 is 6.32. The quantitative estimate of drug-likeness (QED) is 0.413. The van der Waals surface area contributed by atoms with Crippen LogP contribution in [0.3, 0.4) is 0 Å². The first-order valence-electron chi connectivity index (χ1n) is 11.2. The first-order valence-corrected chi connectivity index (χ1v) is 11.6. The van der Waals surface area contributed by atoms with Gasteiger partial charge in [-0.25, -0.2) is 4.79 Å². The Kier molecular flexibility index (Phi) is 6.91. The number of benzene rings is 2. The summed E-state index contributed by atoms with van der Waals surface area (Å²) in [6.45, 7) is 5.47. The summed E-state index contributed by atoms with van der Waals surface area (Å²) in [5.74, 6) is 0.471. The molecule has 174 valence electrons. The van der Waals surface area contributed by atoms with Crippen LogP contribution in [-0.2, 0) is 0 Å². The van der Waals surface area contributed by atoms with E-state index in [0.717, 1.165) is 36.1 Å². The Labute approximate surface area is 197 Å². The number of pyridine rings is 1. The molecule has 1 aromatic heterocycles. The summed E-state index contributed by atoms with van der Waals surface area (Å²) in [7, 11) is 0. The number of hydrogen-bond acceptors (Lipinski definition) is 4. The predicted molar refractivity (Wildman–Crippen MR) is 133 cm³/mol. The number of nitrogens with one attached hydrogen (secondary N) is 3. The van der Waals surface area contributed by atoms with Crippen molar-refractivity contribution in [1.29, 1.82) is 0 Å². The zero-order chi connectivity index (χ0) is 23.5. The van der Waals surface area contributed by atoms with Crippen LogP contribution in [0.1, 0.15) is 36.8 Å². The second kappa shape index (κ2) is 9.85. The van der Waals surface area contributed by atoms with Gasteiger partial charge in [0.2, 0.25) is 0 Å². The van der Waals surface area contributed by atoms with Crippen LogP contribution in [-0.4, -0.2) is 30.2 Å². The lowest BCUT2D eigenvalue weighted by atomic mass is 9.99. The zero-order valence-electron chi connectivity index (χ0n) is 18.9. The van der Waals surface area contributed by atoms with Gasteiger partial charge in [0, 0.05) is 11.4 Å². The van der Waals surface area contributed by atoms with Crippen molar-refractivity contribution in [2.45, 2.75) is 45.6 Å². The van der Waals surface area contributed by atoms with E-state index in [1.165, 1.54) is 12.8 Å². The number of carbonyl (C=O) groups is 1. The molecule has 0 bridgehead atoms. The van der Waals surface area contributed by atoms with E-state index in [1.807, 2.05) is 26.0 Å². The maximum absolute atomic E-state index is 13.2. The first kappa shape index (κ1) is 23.1. The molecular formula is C25H29ClN4O3. The number of halogens is 1. The Morgan fingerprint density at radius 2 is 1.94 bits per heavy atom. The molecule has 33 heavy (non-hydrogen) atoms. The minimum atomic E-state index is -0.721. The minimum absolute atomic E-state index is 0.259. The number of fused-ring (bicyclic) bond motifs is 1. The normalized spacial score (nSPS) is 16.0. The molecule has 3 aromatic rings. The van der Waals surface area contributed by atoms with Gasteiger partial charge in [-0.1, -0.05) is 47.3 Å². The third-order valence-corrected chi connectivity index (χ3v) is 6.26. The Morgan fingerprint density at radius 3 is 2.61 bits per heavy atom. The van der Waals surface area contributed by atoms with Gasteiger partial charge in [0.05, 0.1) is 28.4 Å². The maximum Gasteiger partial charge on any atom is 0.316 e.